The van der Waals surface area contributed by atoms with Crippen molar-refractivity contribution >= 4 is 23.6 Å². The van der Waals surface area contributed by atoms with Crippen molar-refractivity contribution in [2.75, 3.05) is 5.43 Å². The summed E-state index contributed by atoms with van der Waals surface area (Å²) in [6.45, 7) is 0. The summed E-state index contributed by atoms with van der Waals surface area (Å²) in [5, 5.41) is 22.6. The lowest BCUT2D eigenvalue weighted by Crippen LogP contribution is -2.16. The average molecular weight is 225 g/mol. The topological polar surface area (TPSA) is 94.3 Å². The molecule has 0 saturated carbocycles. The van der Waals surface area contributed by atoms with Gasteiger partial charge in [0.05, 0.1) is 5.69 Å². The van der Waals surface area contributed by atoms with Gasteiger partial charge in [0.2, 0.25) is 0 Å². The number of anilines is 1. The van der Waals surface area contributed by atoms with Crippen LogP contribution in [0, 0.1) is 5.82 Å². The predicted molar refractivity (Wildman–Crippen MR) is 55.4 cm³/mol. The first-order valence-electron chi connectivity index (χ1n) is 4.14. The maximum atomic E-state index is 13.1. The molecule has 0 amide bonds. The number of nitrogens with zero attached hydrogens (tertiary/aromatic N) is 2. The molecule has 0 aromatic heterocycles. The van der Waals surface area contributed by atoms with Gasteiger partial charge in [-0.05, 0) is 12.1 Å². The molecule has 16 heavy (non-hydrogen) atoms. The fourth-order valence-corrected chi connectivity index (χ4v) is 0.859. The van der Waals surface area contributed by atoms with Crippen LogP contribution >= 0.6 is 0 Å². The van der Waals surface area contributed by atoms with Crippen molar-refractivity contribution in [3.05, 3.63) is 30.1 Å². The SMILES string of the molecule is O=C(O)C(/C=N/O)=N/Nc1ccccc1F. The van der Waals surface area contributed by atoms with Gasteiger partial charge in [-0.15, -0.1) is 0 Å². The van der Waals surface area contributed by atoms with E-state index in [1.54, 1.807) is 6.07 Å². The van der Waals surface area contributed by atoms with Crippen molar-refractivity contribution in [3.8, 4) is 0 Å². The highest BCUT2D eigenvalue weighted by molar-refractivity contribution is 6.58. The molecule has 1 aromatic carbocycles. The summed E-state index contributed by atoms with van der Waals surface area (Å²) in [6, 6.07) is 5.62. The van der Waals surface area contributed by atoms with Crippen LogP contribution in [0.4, 0.5) is 10.1 Å². The highest BCUT2D eigenvalue weighted by atomic mass is 19.1. The Bertz CT molecular complexity index is 445. The molecule has 0 fully saturated rings. The van der Waals surface area contributed by atoms with E-state index in [0.717, 1.165) is 0 Å². The summed E-state index contributed by atoms with van der Waals surface area (Å²) in [6.07, 6.45) is 0.621. The third-order valence-electron chi connectivity index (χ3n) is 1.57. The quantitative estimate of drug-likeness (QED) is 0.407. The molecule has 84 valence electrons. The zero-order valence-electron chi connectivity index (χ0n) is 7.96. The van der Waals surface area contributed by atoms with Crippen molar-refractivity contribution in [1.82, 2.24) is 0 Å². The summed E-state index contributed by atoms with van der Waals surface area (Å²) >= 11 is 0. The molecule has 3 N–H and O–H groups in total. The minimum absolute atomic E-state index is 0.0209. The van der Waals surface area contributed by atoms with Gasteiger partial charge in [-0.2, -0.15) is 5.10 Å². The second-order valence-electron chi connectivity index (χ2n) is 2.64. The monoisotopic (exact) mass is 225 g/mol. The smallest absolute Gasteiger partial charge is 0.358 e. The molecule has 0 aliphatic heterocycles. The van der Waals surface area contributed by atoms with Gasteiger partial charge in [-0.25, -0.2) is 9.18 Å². The fraction of sp³-hybridized carbons (Fsp3) is 0. The number of aliphatic carboxylic acids is 1. The van der Waals surface area contributed by atoms with Crippen molar-refractivity contribution in [3.63, 3.8) is 0 Å². The molecule has 1 aromatic rings. The molecule has 0 aliphatic carbocycles. The van der Waals surface area contributed by atoms with Crippen LogP contribution in [0.1, 0.15) is 0 Å². The molecule has 0 aliphatic rings. The number of hydrogen-bond donors (Lipinski definition) is 3. The van der Waals surface area contributed by atoms with Crippen molar-refractivity contribution in [2.45, 2.75) is 0 Å². The first kappa shape index (κ1) is 11.6. The van der Waals surface area contributed by atoms with Crippen LogP contribution in [0.25, 0.3) is 0 Å². The number of rotatable bonds is 4. The Morgan fingerprint density at radius 2 is 2.12 bits per heavy atom. The molecule has 7 heteroatoms. The second kappa shape index (κ2) is 5.44. The summed E-state index contributed by atoms with van der Waals surface area (Å²) in [7, 11) is 0. The van der Waals surface area contributed by atoms with E-state index < -0.39 is 17.5 Å². The minimum atomic E-state index is -1.40. The first-order chi connectivity index (χ1) is 7.65. The van der Waals surface area contributed by atoms with Gasteiger partial charge in [0.15, 0.2) is 5.71 Å². The van der Waals surface area contributed by atoms with Gasteiger partial charge >= 0.3 is 5.97 Å². The molecule has 0 bridgehead atoms. The van der Waals surface area contributed by atoms with Gasteiger partial charge in [0.25, 0.3) is 0 Å². The summed E-state index contributed by atoms with van der Waals surface area (Å²) in [4.78, 5) is 10.5. The molecule has 0 radical (unpaired) electrons. The Labute approximate surface area is 89.7 Å². The molecule has 0 saturated heterocycles. The third kappa shape index (κ3) is 3.05. The molecule has 0 heterocycles. The minimum Gasteiger partial charge on any atom is -0.476 e. The molecule has 0 spiro atoms. The average Bonchev–Trinajstić information content (AvgIpc) is 2.26. The number of hydrazone groups is 1. The maximum absolute atomic E-state index is 13.1. The Morgan fingerprint density at radius 1 is 1.44 bits per heavy atom. The number of carbonyl (C=O) groups is 1. The number of nitrogens with one attached hydrogen (secondary N) is 1. The van der Waals surface area contributed by atoms with Crippen LogP contribution in [0.5, 0.6) is 0 Å². The molecule has 0 unspecified atom stereocenters. The summed E-state index contributed by atoms with van der Waals surface area (Å²) in [5.41, 5.74) is 1.68. The van der Waals surface area contributed by atoms with E-state index in [4.69, 9.17) is 10.3 Å². The van der Waals surface area contributed by atoms with E-state index in [9.17, 15) is 9.18 Å². The van der Waals surface area contributed by atoms with Crippen molar-refractivity contribution in [1.29, 1.82) is 0 Å². The van der Waals surface area contributed by atoms with Gasteiger partial charge < -0.3 is 10.3 Å². The van der Waals surface area contributed by atoms with Crippen LogP contribution in [-0.4, -0.2) is 28.2 Å². The Hall–Kier alpha value is -2.44. The molecular weight excluding hydrogens is 217 g/mol. The number of carboxylic acids is 1. The number of carboxylic acid groups (broad SMARTS) is 1. The van der Waals surface area contributed by atoms with E-state index >= 15 is 0 Å². The van der Waals surface area contributed by atoms with E-state index in [1.165, 1.54) is 18.2 Å². The lowest BCUT2D eigenvalue weighted by molar-refractivity contribution is -0.129. The zero-order valence-corrected chi connectivity index (χ0v) is 7.96. The van der Waals surface area contributed by atoms with E-state index in [1.807, 2.05) is 0 Å². The van der Waals surface area contributed by atoms with Crippen LogP contribution < -0.4 is 5.43 Å². The number of halogens is 1. The highest BCUT2D eigenvalue weighted by Crippen LogP contribution is 2.11. The van der Waals surface area contributed by atoms with Gasteiger partial charge in [-0.3, -0.25) is 5.43 Å². The summed E-state index contributed by atoms with van der Waals surface area (Å²) in [5.74, 6) is -1.97. The van der Waals surface area contributed by atoms with E-state index in [0.29, 0.717) is 6.21 Å². The third-order valence-corrected chi connectivity index (χ3v) is 1.57. The maximum Gasteiger partial charge on any atom is 0.358 e. The molecule has 6 nitrogen and oxygen atoms in total. The standard InChI is InChI=1S/C9H8FN3O3/c10-6-3-1-2-4-7(6)12-13-8(5-11-16)9(14)15/h1-5,12,16H,(H,14,15)/b11-5+,13-8+. The largest absolute Gasteiger partial charge is 0.476 e. The van der Waals surface area contributed by atoms with E-state index in [-0.39, 0.29) is 5.69 Å². The first-order valence-corrected chi connectivity index (χ1v) is 4.14. The van der Waals surface area contributed by atoms with Crippen molar-refractivity contribution < 1.29 is 19.5 Å². The van der Waals surface area contributed by atoms with E-state index in [2.05, 4.69) is 15.7 Å². The molecular formula is C9H8FN3O3. The number of oxime groups is 1. The van der Waals surface area contributed by atoms with Crippen LogP contribution in [-0.2, 0) is 4.79 Å². The zero-order chi connectivity index (χ0) is 12.0. The Morgan fingerprint density at radius 3 is 2.69 bits per heavy atom. The van der Waals surface area contributed by atoms with Crippen LogP contribution in [0.2, 0.25) is 0 Å². The predicted octanol–water partition coefficient (Wildman–Crippen LogP) is 1.14. The normalized spacial score (nSPS) is 11.7. The number of para-hydroxylation sites is 1. The van der Waals surface area contributed by atoms with Crippen molar-refractivity contribution in [2.24, 2.45) is 10.3 Å². The number of benzene rings is 1. The summed E-state index contributed by atoms with van der Waals surface area (Å²) < 4.78 is 13.1. The fourth-order valence-electron chi connectivity index (χ4n) is 0.859. The van der Waals surface area contributed by atoms with Gasteiger partial charge in [0.1, 0.15) is 12.0 Å². The molecule has 0 atom stereocenters. The lowest BCUT2D eigenvalue weighted by atomic mass is 10.3. The number of hydrogen-bond acceptors (Lipinski definition) is 5. The van der Waals surface area contributed by atoms with Crippen LogP contribution in [0.3, 0.4) is 0 Å². The lowest BCUT2D eigenvalue weighted by Gasteiger charge is -2.01. The van der Waals surface area contributed by atoms with Gasteiger partial charge in [-0.1, -0.05) is 17.3 Å². The Kier molecular flexibility index (Phi) is 3.96. The highest BCUT2D eigenvalue weighted by Gasteiger charge is 2.07. The second-order valence-corrected chi connectivity index (χ2v) is 2.64. The molecule has 1 rings (SSSR count). The Balaban J connectivity index is 2.86. The van der Waals surface area contributed by atoms with Gasteiger partial charge in [0, 0.05) is 0 Å². The van der Waals surface area contributed by atoms with Crippen LogP contribution in [0.15, 0.2) is 34.5 Å².